The predicted octanol–water partition coefficient (Wildman–Crippen LogP) is 4.96. The molecule has 1 unspecified atom stereocenters. The van der Waals surface area contributed by atoms with E-state index in [-0.39, 0.29) is 6.04 Å². The molecule has 0 aliphatic heterocycles. The van der Waals surface area contributed by atoms with Crippen LogP contribution in [-0.4, -0.2) is 0 Å². The minimum atomic E-state index is -0.101. The van der Waals surface area contributed by atoms with Crippen molar-refractivity contribution in [3.05, 3.63) is 81.8 Å². The van der Waals surface area contributed by atoms with E-state index in [1.54, 1.807) is 0 Å². The maximum absolute atomic E-state index is 6.42. The van der Waals surface area contributed by atoms with Gasteiger partial charge in [-0.05, 0) is 52.6 Å². The van der Waals surface area contributed by atoms with Crippen molar-refractivity contribution in [2.45, 2.75) is 13.0 Å². The van der Waals surface area contributed by atoms with Gasteiger partial charge in [0, 0.05) is 4.47 Å². The monoisotopic (exact) mass is 325 g/mol. The Labute approximate surface area is 127 Å². The van der Waals surface area contributed by atoms with E-state index in [1.807, 2.05) is 0 Å². The molecule has 3 aromatic rings. The highest BCUT2D eigenvalue weighted by Gasteiger charge is 2.10. The first-order chi connectivity index (χ1) is 9.63. The fourth-order valence-electron chi connectivity index (χ4n) is 2.54. The number of benzene rings is 3. The lowest BCUT2D eigenvalue weighted by Gasteiger charge is -2.15. The summed E-state index contributed by atoms with van der Waals surface area (Å²) < 4.78 is 1.07. The molecular weight excluding hydrogens is 310 g/mol. The molecule has 2 N–H and O–H groups in total. The zero-order valence-corrected chi connectivity index (χ0v) is 12.9. The maximum Gasteiger partial charge on any atom is 0.0552 e. The lowest BCUT2D eigenvalue weighted by molar-refractivity contribution is 0.870. The third-order valence-corrected chi connectivity index (χ3v) is 4.01. The quantitative estimate of drug-likeness (QED) is 0.708. The van der Waals surface area contributed by atoms with E-state index in [9.17, 15) is 0 Å². The Kier molecular flexibility index (Phi) is 3.60. The van der Waals surface area contributed by atoms with Crippen molar-refractivity contribution in [3.63, 3.8) is 0 Å². The predicted molar refractivity (Wildman–Crippen MR) is 88.9 cm³/mol. The Morgan fingerprint density at radius 2 is 1.60 bits per heavy atom. The van der Waals surface area contributed by atoms with Gasteiger partial charge in [-0.1, -0.05) is 58.4 Å². The fourth-order valence-corrected chi connectivity index (χ4v) is 3.16. The van der Waals surface area contributed by atoms with Gasteiger partial charge in [-0.3, -0.25) is 0 Å². The van der Waals surface area contributed by atoms with Crippen LogP contribution >= 0.6 is 15.9 Å². The summed E-state index contributed by atoms with van der Waals surface area (Å²) in [6, 6.07) is 21.0. The number of fused-ring (bicyclic) bond motifs is 1. The van der Waals surface area contributed by atoms with Crippen molar-refractivity contribution in [2.75, 3.05) is 0 Å². The van der Waals surface area contributed by atoms with Gasteiger partial charge >= 0.3 is 0 Å². The summed E-state index contributed by atoms with van der Waals surface area (Å²) in [6.45, 7) is 2.08. The van der Waals surface area contributed by atoms with Crippen LogP contribution in [0.15, 0.2) is 65.1 Å². The second-order valence-corrected chi connectivity index (χ2v) is 6.06. The number of hydrogen-bond donors (Lipinski definition) is 1. The molecule has 0 bridgehead atoms. The molecule has 3 aromatic carbocycles. The van der Waals surface area contributed by atoms with Gasteiger partial charge < -0.3 is 5.73 Å². The van der Waals surface area contributed by atoms with Crippen LogP contribution in [0.1, 0.15) is 22.7 Å². The average Bonchev–Trinajstić information content (AvgIpc) is 2.45. The number of halogens is 1. The minimum Gasteiger partial charge on any atom is -0.320 e. The average molecular weight is 326 g/mol. The van der Waals surface area contributed by atoms with Gasteiger partial charge in [-0.2, -0.15) is 0 Å². The van der Waals surface area contributed by atoms with Crippen molar-refractivity contribution in [1.29, 1.82) is 0 Å². The normalized spacial score (nSPS) is 12.6. The zero-order valence-electron chi connectivity index (χ0n) is 11.3. The van der Waals surface area contributed by atoms with Crippen LogP contribution in [-0.2, 0) is 0 Å². The van der Waals surface area contributed by atoms with E-state index < -0.39 is 0 Å². The van der Waals surface area contributed by atoms with Gasteiger partial charge in [0.15, 0.2) is 0 Å². The summed E-state index contributed by atoms with van der Waals surface area (Å²) >= 11 is 3.54. The highest BCUT2D eigenvalue weighted by atomic mass is 79.9. The second kappa shape index (κ2) is 5.39. The van der Waals surface area contributed by atoms with Gasteiger partial charge in [-0.25, -0.2) is 0 Å². The lowest BCUT2D eigenvalue weighted by atomic mass is 9.96. The molecule has 100 valence electrons. The van der Waals surface area contributed by atoms with Crippen LogP contribution in [0.4, 0.5) is 0 Å². The molecule has 2 heteroatoms. The first-order valence-electron chi connectivity index (χ1n) is 6.65. The molecule has 0 aliphatic rings. The zero-order chi connectivity index (χ0) is 14.1. The van der Waals surface area contributed by atoms with E-state index in [0.29, 0.717) is 0 Å². The van der Waals surface area contributed by atoms with Gasteiger partial charge in [0.05, 0.1) is 6.04 Å². The summed E-state index contributed by atoms with van der Waals surface area (Å²) in [7, 11) is 0. The summed E-state index contributed by atoms with van der Waals surface area (Å²) in [4.78, 5) is 0. The van der Waals surface area contributed by atoms with Crippen LogP contribution in [0.5, 0.6) is 0 Å². The molecule has 0 heterocycles. The smallest absolute Gasteiger partial charge is 0.0552 e. The Hall–Kier alpha value is -1.64. The topological polar surface area (TPSA) is 26.0 Å². The third kappa shape index (κ3) is 2.62. The van der Waals surface area contributed by atoms with Crippen molar-refractivity contribution in [2.24, 2.45) is 5.73 Å². The Bertz CT molecular complexity index is 744. The van der Waals surface area contributed by atoms with E-state index >= 15 is 0 Å². The third-order valence-electron chi connectivity index (χ3n) is 3.56. The van der Waals surface area contributed by atoms with Gasteiger partial charge in [0.1, 0.15) is 0 Å². The van der Waals surface area contributed by atoms with E-state index in [0.717, 1.165) is 15.6 Å². The fraction of sp³-hybridized carbons (Fsp3) is 0.111. The Morgan fingerprint density at radius 3 is 2.35 bits per heavy atom. The second-order valence-electron chi connectivity index (χ2n) is 5.15. The molecule has 0 saturated heterocycles. The molecule has 3 rings (SSSR count). The molecule has 0 aromatic heterocycles. The van der Waals surface area contributed by atoms with E-state index in [4.69, 9.17) is 5.73 Å². The van der Waals surface area contributed by atoms with Gasteiger partial charge in [0.2, 0.25) is 0 Å². The molecule has 0 saturated carbocycles. The molecule has 0 aliphatic carbocycles. The maximum atomic E-state index is 6.42. The highest BCUT2D eigenvalue weighted by molar-refractivity contribution is 9.10. The van der Waals surface area contributed by atoms with Gasteiger partial charge in [-0.15, -0.1) is 0 Å². The SMILES string of the molecule is Cc1cc(Br)cc(C(N)c2ccc3ccccc3c2)c1. The van der Waals surface area contributed by atoms with Gasteiger partial charge in [0.25, 0.3) is 0 Å². The summed E-state index contributed by atoms with van der Waals surface area (Å²) in [5, 5.41) is 2.47. The molecule has 20 heavy (non-hydrogen) atoms. The Morgan fingerprint density at radius 1 is 0.850 bits per heavy atom. The molecule has 1 atom stereocenters. The van der Waals surface area contributed by atoms with Crippen LogP contribution in [0, 0.1) is 6.92 Å². The lowest BCUT2D eigenvalue weighted by Crippen LogP contribution is -2.12. The Balaban J connectivity index is 2.05. The van der Waals surface area contributed by atoms with Crippen molar-refractivity contribution in [3.8, 4) is 0 Å². The van der Waals surface area contributed by atoms with Crippen LogP contribution < -0.4 is 5.73 Å². The first kappa shape index (κ1) is 13.3. The molecular formula is C18H16BrN. The summed E-state index contributed by atoms with van der Waals surface area (Å²) in [6.07, 6.45) is 0. The number of hydrogen-bond acceptors (Lipinski definition) is 1. The van der Waals surface area contributed by atoms with Crippen molar-refractivity contribution < 1.29 is 0 Å². The summed E-state index contributed by atoms with van der Waals surface area (Å²) in [5.41, 5.74) is 9.91. The van der Waals surface area contributed by atoms with Crippen molar-refractivity contribution >= 4 is 26.7 Å². The molecule has 0 amide bonds. The standard InChI is InChI=1S/C18H16BrN/c1-12-8-16(11-17(19)9-12)18(20)15-7-6-13-4-2-3-5-14(13)10-15/h2-11,18H,20H2,1H3. The van der Waals surface area contributed by atoms with E-state index in [1.165, 1.54) is 16.3 Å². The number of nitrogens with two attached hydrogens (primary N) is 1. The molecule has 0 spiro atoms. The van der Waals surface area contributed by atoms with Crippen LogP contribution in [0.2, 0.25) is 0 Å². The number of rotatable bonds is 2. The first-order valence-corrected chi connectivity index (χ1v) is 7.44. The highest BCUT2D eigenvalue weighted by Crippen LogP contribution is 2.26. The van der Waals surface area contributed by atoms with E-state index in [2.05, 4.69) is 83.5 Å². The summed E-state index contributed by atoms with van der Waals surface area (Å²) in [5.74, 6) is 0. The molecule has 0 fully saturated rings. The van der Waals surface area contributed by atoms with Crippen LogP contribution in [0.25, 0.3) is 10.8 Å². The van der Waals surface area contributed by atoms with Crippen molar-refractivity contribution in [1.82, 2.24) is 0 Å². The molecule has 0 radical (unpaired) electrons. The van der Waals surface area contributed by atoms with Crippen LogP contribution in [0.3, 0.4) is 0 Å². The number of aryl methyl sites for hydroxylation is 1. The minimum absolute atomic E-state index is 0.101. The largest absolute Gasteiger partial charge is 0.320 e. The molecule has 1 nitrogen and oxygen atoms in total.